The number of hydrogen-bond donors (Lipinski definition) is 0. The Balaban J connectivity index is 4.69. The highest BCUT2D eigenvalue weighted by atomic mass is 32.2. The van der Waals surface area contributed by atoms with Gasteiger partial charge in [0.2, 0.25) is 0 Å². The van der Waals surface area contributed by atoms with Crippen molar-refractivity contribution < 1.29 is 17.0 Å². The highest BCUT2D eigenvalue weighted by Gasteiger charge is 2.38. The van der Waals surface area contributed by atoms with Crippen LogP contribution in [0.15, 0.2) is 5.11 Å². The van der Waals surface area contributed by atoms with Crippen LogP contribution in [0.1, 0.15) is 27.2 Å². The lowest BCUT2D eigenvalue weighted by atomic mass is 10.2. The third-order valence-electron chi connectivity index (χ3n) is 3.35. The summed E-state index contributed by atoms with van der Waals surface area (Å²) in [6.07, 6.45) is 1.05. The second-order valence-corrected chi connectivity index (χ2v) is 12.6. The van der Waals surface area contributed by atoms with Crippen LogP contribution in [0.5, 0.6) is 0 Å². The van der Waals surface area contributed by atoms with Gasteiger partial charge < -0.3 is 4.43 Å². The van der Waals surface area contributed by atoms with Crippen molar-refractivity contribution in [1.29, 1.82) is 0 Å². The molecule has 0 aliphatic carbocycles. The van der Waals surface area contributed by atoms with E-state index in [1.165, 1.54) is 0 Å². The lowest BCUT2D eigenvalue weighted by molar-refractivity contribution is 0.154. The fourth-order valence-electron chi connectivity index (χ4n) is 1.24. The molecule has 118 valence electrons. The Morgan fingerprint density at radius 2 is 1.90 bits per heavy atom. The molecule has 0 N–H and O–H groups in total. The van der Waals surface area contributed by atoms with E-state index in [-0.39, 0.29) is 24.3 Å². The predicted molar refractivity (Wildman–Crippen MR) is 81.5 cm³/mol. The maximum absolute atomic E-state index is 10.9. The van der Waals surface area contributed by atoms with Crippen molar-refractivity contribution in [2.24, 2.45) is 5.11 Å². The Hall–Kier alpha value is -0.603. The van der Waals surface area contributed by atoms with Crippen LogP contribution >= 0.6 is 0 Å². The van der Waals surface area contributed by atoms with Crippen molar-refractivity contribution in [2.75, 3.05) is 19.4 Å². The van der Waals surface area contributed by atoms with Gasteiger partial charge in [-0.05, 0) is 30.1 Å². The zero-order valence-electron chi connectivity index (χ0n) is 13.1. The van der Waals surface area contributed by atoms with Crippen LogP contribution in [0, 0.1) is 0 Å². The molecule has 0 bridgehead atoms. The van der Waals surface area contributed by atoms with E-state index in [9.17, 15) is 8.42 Å². The third-order valence-corrected chi connectivity index (χ3v) is 8.48. The molecule has 0 rings (SSSR count). The molecule has 0 radical (unpaired) electrons. The van der Waals surface area contributed by atoms with Crippen molar-refractivity contribution in [3.8, 4) is 0 Å². The lowest BCUT2D eigenvalue weighted by Gasteiger charge is -2.39. The quantitative estimate of drug-likeness (QED) is 0.225. The van der Waals surface area contributed by atoms with Gasteiger partial charge in [-0.25, -0.2) is 0 Å². The minimum Gasteiger partial charge on any atom is -0.414 e. The van der Waals surface area contributed by atoms with Gasteiger partial charge in [-0.3, -0.25) is 4.18 Å². The van der Waals surface area contributed by atoms with Crippen LogP contribution in [0.4, 0.5) is 0 Å². The highest BCUT2D eigenvalue weighted by Crippen LogP contribution is 2.37. The summed E-state index contributed by atoms with van der Waals surface area (Å²) in [5.74, 6) is 0. The molecule has 0 heterocycles. The van der Waals surface area contributed by atoms with Gasteiger partial charge in [0.25, 0.3) is 10.1 Å². The summed E-state index contributed by atoms with van der Waals surface area (Å²) in [6.45, 7) is 10.7. The molecule has 0 aromatic rings. The highest BCUT2D eigenvalue weighted by molar-refractivity contribution is 7.85. The fraction of sp³-hybridized carbons (Fsp3) is 1.00. The third kappa shape index (κ3) is 7.86. The van der Waals surface area contributed by atoms with Crippen LogP contribution in [0.3, 0.4) is 0 Å². The Morgan fingerprint density at radius 3 is 2.30 bits per heavy atom. The molecule has 7 nitrogen and oxygen atoms in total. The van der Waals surface area contributed by atoms with Gasteiger partial charge in [-0.2, -0.15) is 8.42 Å². The van der Waals surface area contributed by atoms with Crippen LogP contribution in [-0.4, -0.2) is 42.2 Å². The van der Waals surface area contributed by atoms with Gasteiger partial charge in [0.1, 0.15) is 0 Å². The Bertz CT molecular complexity index is 453. The molecule has 9 heteroatoms. The molecule has 0 saturated carbocycles. The van der Waals surface area contributed by atoms with Crippen LogP contribution in [0.2, 0.25) is 18.1 Å². The van der Waals surface area contributed by atoms with Gasteiger partial charge in [-0.15, -0.1) is 0 Å². The smallest absolute Gasteiger partial charge is 0.264 e. The summed E-state index contributed by atoms with van der Waals surface area (Å²) in [6, 6.07) is 0. The standard InChI is InChI=1S/C11H25N3O4SSi/c1-11(2,3)20(5,6)18-10(9-13-14-12)7-8-17-19(4,15)16/h10H,7-9H2,1-6H3. The minimum absolute atomic E-state index is 0.0269. The first-order chi connectivity index (χ1) is 8.89. The lowest BCUT2D eigenvalue weighted by Crippen LogP contribution is -2.45. The molecule has 0 saturated heterocycles. The van der Waals surface area contributed by atoms with E-state index in [1.807, 2.05) is 0 Å². The van der Waals surface area contributed by atoms with Crippen molar-refractivity contribution in [2.45, 2.75) is 51.4 Å². The Morgan fingerprint density at radius 1 is 1.35 bits per heavy atom. The molecule has 1 unspecified atom stereocenters. The molecule has 0 amide bonds. The molecule has 20 heavy (non-hydrogen) atoms. The summed E-state index contributed by atoms with van der Waals surface area (Å²) < 4.78 is 32.7. The molecule has 0 aliphatic heterocycles. The van der Waals surface area contributed by atoms with Gasteiger partial charge in [0, 0.05) is 4.91 Å². The molecule has 0 aromatic carbocycles. The zero-order chi connectivity index (χ0) is 16.0. The predicted octanol–water partition coefficient (Wildman–Crippen LogP) is 3.05. The molecule has 1 atom stereocenters. The number of azide groups is 1. The van der Waals surface area contributed by atoms with Crippen LogP contribution in [0.25, 0.3) is 10.4 Å². The fourth-order valence-corrected chi connectivity index (χ4v) is 3.02. The van der Waals surface area contributed by atoms with Gasteiger partial charge in [-0.1, -0.05) is 25.9 Å². The van der Waals surface area contributed by atoms with Gasteiger partial charge in [0.15, 0.2) is 8.32 Å². The van der Waals surface area contributed by atoms with E-state index in [0.717, 1.165) is 6.26 Å². The second kappa shape index (κ2) is 7.42. The van der Waals surface area contributed by atoms with Gasteiger partial charge in [0.05, 0.1) is 25.5 Å². The summed E-state index contributed by atoms with van der Waals surface area (Å²) in [7, 11) is -5.46. The minimum atomic E-state index is -3.46. The molecule has 0 spiro atoms. The van der Waals surface area contributed by atoms with Crippen molar-refractivity contribution in [3.05, 3.63) is 10.4 Å². The molecular weight excluding hydrogens is 298 g/mol. The van der Waals surface area contributed by atoms with Gasteiger partial charge >= 0.3 is 0 Å². The summed E-state index contributed by atoms with van der Waals surface area (Å²) in [5.41, 5.74) is 8.41. The Labute approximate surface area is 122 Å². The number of rotatable bonds is 8. The average Bonchev–Trinajstić information content (AvgIpc) is 2.21. The van der Waals surface area contributed by atoms with E-state index < -0.39 is 18.4 Å². The first-order valence-electron chi connectivity index (χ1n) is 6.42. The SMILES string of the molecule is CC(C)(C)[Si](C)(C)OC(CCOS(C)(=O)=O)CN=[N+]=[N-]. The van der Waals surface area contributed by atoms with Crippen LogP contribution in [-0.2, 0) is 18.7 Å². The van der Waals surface area contributed by atoms with Crippen molar-refractivity contribution in [3.63, 3.8) is 0 Å². The molecule has 0 aliphatic rings. The second-order valence-electron chi connectivity index (χ2n) is 6.23. The summed E-state index contributed by atoms with van der Waals surface area (Å²) in [5, 5.41) is 3.55. The van der Waals surface area contributed by atoms with E-state index >= 15 is 0 Å². The van der Waals surface area contributed by atoms with Crippen LogP contribution < -0.4 is 0 Å². The average molecular weight is 323 g/mol. The first-order valence-corrected chi connectivity index (χ1v) is 11.1. The summed E-state index contributed by atoms with van der Waals surface area (Å²) >= 11 is 0. The zero-order valence-corrected chi connectivity index (χ0v) is 14.9. The normalized spacial score (nSPS) is 14.7. The monoisotopic (exact) mass is 323 g/mol. The maximum Gasteiger partial charge on any atom is 0.264 e. The molecule has 0 aromatic heterocycles. The summed E-state index contributed by atoms with van der Waals surface area (Å²) in [4.78, 5) is 2.73. The van der Waals surface area contributed by atoms with Crippen molar-refractivity contribution >= 4 is 18.4 Å². The van der Waals surface area contributed by atoms with E-state index in [1.54, 1.807) is 0 Å². The number of hydrogen-bond acceptors (Lipinski definition) is 5. The Kier molecular flexibility index (Phi) is 7.19. The van der Waals surface area contributed by atoms with E-state index in [4.69, 9.17) is 14.1 Å². The molecular formula is C11H25N3O4SSi. The first kappa shape index (κ1) is 19.4. The largest absolute Gasteiger partial charge is 0.414 e. The molecule has 0 fully saturated rings. The van der Waals surface area contributed by atoms with E-state index in [2.05, 4.69) is 43.9 Å². The maximum atomic E-state index is 10.9. The number of nitrogens with zero attached hydrogens (tertiary/aromatic N) is 3. The van der Waals surface area contributed by atoms with Crippen molar-refractivity contribution in [1.82, 2.24) is 0 Å². The van der Waals surface area contributed by atoms with E-state index in [0.29, 0.717) is 6.42 Å². The topological polar surface area (TPSA) is 101 Å².